The van der Waals surface area contributed by atoms with Gasteiger partial charge in [0, 0.05) is 35.7 Å². The third-order valence-corrected chi connectivity index (χ3v) is 12.5. The molecule has 2 aromatic rings. The van der Waals surface area contributed by atoms with E-state index in [1.54, 1.807) is 24.3 Å². The number of carbonyl (C=O) groups is 5. The fourth-order valence-corrected chi connectivity index (χ4v) is 9.91. The summed E-state index contributed by atoms with van der Waals surface area (Å²) < 4.78 is 10.5. The molecule has 1 aromatic carbocycles. The predicted molar refractivity (Wildman–Crippen MR) is 177 cm³/mol. The van der Waals surface area contributed by atoms with Crippen LogP contribution in [0.5, 0.6) is 5.75 Å². The number of carboxylic acid groups (broad SMARTS) is 1. The van der Waals surface area contributed by atoms with E-state index in [1.165, 1.54) is 7.11 Å². The van der Waals surface area contributed by atoms with Gasteiger partial charge in [-0.3, -0.25) is 19.2 Å². The molecule has 1 heterocycles. The van der Waals surface area contributed by atoms with Crippen LogP contribution in [-0.2, 0) is 30.3 Å². The Morgan fingerprint density at radius 1 is 1.08 bits per heavy atom. The van der Waals surface area contributed by atoms with Gasteiger partial charge in [-0.25, -0.2) is 4.79 Å². The van der Waals surface area contributed by atoms with Crippen LogP contribution in [0.4, 0.5) is 0 Å². The highest BCUT2D eigenvalue weighted by Gasteiger charge is 2.68. The molecule has 0 aliphatic heterocycles. The molecule has 0 spiro atoms. The average Bonchev–Trinajstić information content (AvgIpc) is 3.56. The molecule has 0 saturated heterocycles. The monoisotopic (exact) mass is 678 g/mol. The Hall–Kier alpha value is -4.03. The lowest BCUT2D eigenvalue weighted by molar-refractivity contribution is -0.184. The Morgan fingerprint density at radius 3 is 2.59 bits per heavy atom. The number of amides is 1. The summed E-state index contributed by atoms with van der Waals surface area (Å²) in [5, 5.41) is 36.5. The molecule has 6 rings (SSSR count). The van der Waals surface area contributed by atoms with Gasteiger partial charge in [-0.05, 0) is 98.0 Å². The van der Waals surface area contributed by atoms with Crippen molar-refractivity contribution in [3.05, 3.63) is 41.1 Å². The van der Waals surface area contributed by atoms with Crippen LogP contribution < -0.4 is 10.1 Å². The summed E-state index contributed by atoms with van der Waals surface area (Å²) in [4.78, 5) is 65.5. The lowest BCUT2D eigenvalue weighted by atomic mass is 9.45. The van der Waals surface area contributed by atoms with Crippen LogP contribution in [0.1, 0.15) is 87.7 Å². The van der Waals surface area contributed by atoms with Crippen LogP contribution in [0.15, 0.2) is 29.8 Å². The first-order valence-electron chi connectivity index (χ1n) is 17.2. The van der Waals surface area contributed by atoms with Crippen LogP contribution in [0.3, 0.4) is 0 Å². The number of carboxylic acids is 1. The fourth-order valence-electron chi connectivity index (χ4n) is 9.91. The largest absolute Gasteiger partial charge is 0.497 e. The highest BCUT2D eigenvalue weighted by Crippen LogP contribution is 2.67. The van der Waals surface area contributed by atoms with Crippen molar-refractivity contribution in [1.29, 1.82) is 0 Å². The van der Waals surface area contributed by atoms with Crippen LogP contribution in [0.25, 0.3) is 10.9 Å². The van der Waals surface area contributed by atoms with Crippen molar-refractivity contribution in [3.8, 4) is 5.75 Å². The standard InChI is InChI=1S/C37H46N2O10/c1-35-13-10-21(40)16-20(35)4-6-24-26-11-14-37(47,36(26,2)18-28(41)32(24)35)29(42)19-49-31(44)9-8-30(43)38-15-12-23-25-17-22(48-3)5-7-27(25)39-33(23)34(45)46/h5,7,16-17,24,26,28,32,39,41,47H,4,6,8-15,18-19H2,1-3H3,(H,38,43)(H,45,46)/t24-,26+,28-,32+,35-,36-,37-/m0/s1. The van der Waals surface area contributed by atoms with Crippen LogP contribution >= 0.6 is 0 Å². The number of aromatic carboxylic acids is 1. The zero-order valence-corrected chi connectivity index (χ0v) is 28.3. The van der Waals surface area contributed by atoms with Crippen LogP contribution in [0.2, 0.25) is 0 Å². The van der Waals surface area contributed by atoms with Crippen molar-refractivity contribution in [2.45, 2.75) is 89.8 Å². The number of benzene rings is 1. The molecule has 49 heavy (non-hydrogen) atoms. The molecule has 1 aromatic heterocycles. The number of ketones is 2. The number of carbonyl (C=O) groups excluding carboxylic acids is 4. The average molecular weight is 679 g/mol. The summed E-state index contributed by atoms with van der Waals surface area (Å²) in [7, 11) is 1.51. The number of aliphatic hydroxyl groups is 2. The van der Waals surface area contributed by atoms with E-state index in [2.05, 4.69) is 17.2 Å². The molecule has 264 valence electrons. The first kappa shape index (κ1) is 34.8. The third kappa shape index (κ3) is 5.96. The molecule has 0 radical (unpaired) electrons. The number of aromatic amines is 1. The third-order valence-electron chi connectivity index (χ3n) is 12.5. The number of aromatic nitrogens is 1. The molecule has 4 aliphatic rings. The molecular weight excluding hydrogens is 632 g/mol. The van der Waals surface area contributed by atoms with Crippen molar-refractivity contribution >= 4 is 40.3 Å². The maximum absolute atomic E-state index is 13.5. The van der Waals surface area contributed by atoms with Gasteiger partial charge in [0.2, 0.25) is 11.7 Å². The molecule has 1 amide bonds. The molecule has 12 heteroatoms. The number of methoxy groups -OCH3 is 1. The second-order valence-electron chi connectivity index (χ2n) is 14.9. The number of H-pyrrole nitrogens is 1. The number of Topliss-reactive ketones (excluding diaryl/α,β-unsaturated/α-hetero) is 1. The summed E-state index contributed by atoms with van der Waals surface area (Å²) >= 11 is 0. The van der Waals surface area contributed by atoms with Gasteiger partial charge in [0.15, 0.2) is 12.4 Å². The van der Waals surface area contributed by atoms with Gasteiger partial charge in [0.25, 0.3) is 0 Å². The van der Waals surface area contributed by atoms with Gasteiger partial charge in [-0.2, -0.15) is 0 Å². The Labute approximate surface area is 284 Å². The highest BCUT2D eigenvalue weighted by atomic mass is 16.5. The quantitative estimate of drug-likeness (QED) is 0.219. The van der Waals surface area contributed by atoms with Crippen molar-refractivity contribution < 1.29 is 48.8 Å². The molecule has 4 aliphatic carbocycles. The zero-order valence-electron chi connectivity index (χ0n) is 28.3. The van der Waals surface area contributed by atoms with E-state index in [4.69, 9.17) is 9.47 Å². The molecule has 12 nitrogen and oxygen atoms in total. The van der Waals surface area contributed by atoms with Crippen molar-refractivity contribution in [3.63, 3.8) is 0 Å². The van der Waals surface area contributed by atoms with E-state index in [1.807, 2.05) is 6.92 Å². The molecule has 0 bridgehead atoms. The number of nitrogens with one attached hydrogen (secondary N) is 2. The van der Waals surface area contributed by atoms with E-state index in [9.17, 15) is 39.3 Å². The fraction of sp³-hybridized carbons (Fsp3) is 0.595. The molecule has 5 N–H and O–H groups in total. The summed E-state index contributed by atoms with van der Waals surface area (Å²) in [6, 6.07) is 5.17. The number of esters is 1. The van der Waals surface area contributed by atoms with Crippen molar-refractivity contribution in [2.24, 2.45) is 28.6 Å². The second kappa shape index (κ2) is 13.0. The Balaban J connectivity index is 1.01. The number of hydrogen-bond donors (Lipinski definition) is 5. The van der Waals surface area contributed by atoms with Gasteiger partial charge < -0.3 is 35.1 Å². The van der Waals surface area contributed by atoms with Gasteiger partial charge >= 0.3 is 11.9 Å². The number of aliphatic hydroxyl groups excluding tert-OH is 1. The lowest BCUT2D eigenvalue weighted by Crippen LogP contribution is -2.62. The SMILES string of the molecule is COc1ccc2[nH]c(C(=O)O)c(CCNC(=O)CCC(=O)OCC(=O)[C@@]3(O)CC[C@@H]4[C@@H]5CCC6=CC(=O)CC[C@]6(C)[C@H]5[C@@H](O)C[C@@]43C)c2c1. The minimum atomic E-state index is -1.76. The smallest absolute Gasteiger partial charge is 0.352 e. The maximum Gasteiger partial charge on any atom is 0.352 e. The van der Waals surface area contributed by atoms with E-state index in [0.29, 0.717) is 41.5 Å². The maximum atomic E-state index is 13.5. The molecule has 0 unspecified atom stereocenters. The predicted octanol–water partition coefficient (Wildman–Crippen LogP) is 3.66. The lowest BCUT2D eigenvalue weighted by Gasteiger charge is -2.60. The normalized spacial score (nSPS) is 32.0. The Bertz CT molecular complexity index is 1730. The zero-order chi connectivity index (χ0) is 35.3. The van der Waals surface area contributed by atoms with E-state index >= 15 is 0 Å². The van der Waals surface area contributed by atoms with Crippen LogP contribution in [0, 0.1) is 28.6 Å². The first-order valence-corrected chi connectivity index (χ1v) is 17.2. The molecule has 7 atom stereocenters. The first-order chi connectivity index (χ1) is 23.2. The van der Waals surface area contributed by atoms with Crippen LogP contribution in [-0.4, -0.2) is 81.7 Å². The molecular formula is C37H46N2O10. The number of hydrogen-bond acceptors (Lipinski definition) is 9. The van der Waals surface area contributed by atoms with E-state index in [0.717, 1.165) is 18.4 Å². The van der Waals surface area contributed by atoms with Gasteiger partial charge in [-0.15, -0.1) is 0 Å². The number of allylic oxidation sites excluding steroid dienone is 1. The minimum Gasteiger partial charge on any atom is -0.497 e. The Morgan fingerprint density at radius 2 is 1.86 bits per heavy atom. The summed E-state index contributed by atoms with van der Waals surface area (Å²) in [5.74, 6) is -2.16. The second-order valence-corrected chi connectivity index (χ2v) is 14.9. The Kier molecular flexibility index (Phi) is 9.25. The number of ether oxygens (including phenoxy) is 2. The van der Waals surface area contributed by atoms with Crippen molar-refractivity contribution in [2.75, 3.05) is 20.3 Å². The molecule has 3 fully saturated rings. The summed E-state index contributed by atoms with van der Waals surface area (Å²) in [6.07, 6.45) is 4.57. The topological polar surface area (TPSA) is 192 Å². The van der Waals surface area contributed by atoms with Crippen molar-refractivity contribution in [1.82, 2.24) is 10.3 Å². The number of fused-ring (bicyclic) bond motifs is 6. The van der Waals surface area contributed by atoms with Gasteiger partial charge in [0.1, 0.15) is 17.0 Å². The van der Waals surface area contributed by atoms with Gasteiger partial charge in [-0.1, -0.05) is 19.4 Å². The highest BCUT2D eigenvalue weighted by molar-refractivity contribution is 5.98. The van der Waals surface area contributed by atoms with E-state index in [-0.39, 0.29) is 73.3 Å². The number of rotatable bonds is 11. The molecule has 3 saturated carbocycles. The summed E-state index contributed by atoms with van der Waals surface area (Å²) in [5.41, 5.74) is -0.650. The van der Waals surface area contributed by atoms with Gasteiger partial charge in [0.05, 0.1) is 19.6 Å². The minimum absolute atomic E-state index is 0.00288. The summed E-state index contributed by atoms with van der Waals surface area (Å²) in [6.45, 7) is 3.53. The van der Waals surface area contributed by atoms with E-state index < -0.39 is 47.4 Å².